The van der Waals surface area contributed by atoms with E-state index in [0.29, 0.717) is 0 Å². The predicted octanol–water partition coefficient (Wildman–Crippen LogP) is 5.29. The summed E-state index contributed by atoms with van der Waals surface area (Å²) in [4.78, 5) is 6.84. The lowest BCUT2D eigenvalue weighted by atomic mass is 10.2. The van der Waals surface area contributed by atoms with E-state index in [4.69, 9.17) is 11.6 Å². The number of nitrogens with zero attached hydrogens (tertiary/aromatic N) is 2. The molecule has 1 aromatic heterocycles. The summed E-state index contributed by atoms with van der Waals surface area (Å²) in [6, 6.07) is 8.00. The van der Waals surface area contributed by atoms with E-state index in [9.17, 15) is 0 Å². The van der Waals surface area contributed by atoms with Gasteiger partial charge in [0.1, 0.15) is 0 Å². The maximum absolute atomic E-state index is 6.21. The van der Waals surface area contributed by atoms with Gasteiger partial charge in [0.15, 0.2) is 5.13 Å². The van der Waals surface area contributed by atoms with Crippen molar-refractivity contribution in [2.75, 3.05) is 11.4 Å². The van der Waals surface area contributed by atoms with Crippen LogP contribution >= 0.6 is 34.7 Å². The molecule has 0 spiro atoms. The van der Waals surface area contributed by atoms with E-state index >= 15 is 0 Å². The Hall–Kier alpha value is -1.23. The number of thiazole rings is 1. The van der Waals surface area contributed by atoms with Crippen LogP contribution in [0.25, 0.3) is 0 Å². The molecule has 0 bridgehead atoms. The van der Waals surface area contributed by atoms with Gasteiger partial charge in [-0.05, 0) is 24.6 Å². The van der Waals surface area contributed by atoms with Crippen LogP contribution in [0.1, 0.15) is 11.3 Å². The predicted molar refractivity (Wildman–Crippen MR) is 93.5 cm³/mol. The van der Waals surface area contributed by atoms with Crippen molar-refractivity contribution >= 4 is 39.8 Å². The fourth-order valence-electron chi connectivity index (χ4n) is 1.99. The van der Waals surface area contributed by atoms with Crippen molar-refractivity contribution < 1.29 is 0 Å². The summed E-state index contributed by atoms with van der Waals surface area (Å²) < 4.78 is 1.26. The molecule has 1 aliphatic rings. The third-order valence-electron chi connectivity index (χ3n) is 3.12. The number of aryl methyl sites for hydroxylation is 1. The first-order chi connectivity index (χ1) is 10.2. The first-order valence-corrected chi connectivity index (χ1v) is 8.85. The molecule has 0 N–H and O–H groups in total. The molecule has 0 atom stereocenters. The second-order valence-corrected chi connectivity index (χ2v) is 7.30. The quantitative estimate of drug-likeness (QED) is 0.707. The Labute approximate surface area is 138 Å². The molecule has 2 heterocycles. The number of anilines is 1. The van der Waals surface area contributed by atoms with Gasteiger partial charge in [0.25, 0.3) is 0 Å². The van der Waals surface area contributed by atoms with Crippen molar-refractivity contribution in [3.8, 4) is 0 Å². The first-order valence-electron chi connectivity index (χ1n) is 6.67. The minimum absolute atomic E-state index is 0.830. The van der Waals surface area contributed by atoms with E-state index in [2.05, 4.69) is 41.2 Å². The van der Waals surface area contributed by atoms with Crippen molar-refractivity contribution in [2.24, 2.45) is 0 Å². The first kappa shape index (κ1) is 14.7. The Kier molecular flexibility index (Phi) is 4.68. The Morgan fingerprint density at radius 3 is 2.95 bits per heavy atom. The molecule has 0 aliphatic carbocycles. The van der Waals surface area contributed by atoms with Crippen molar-refractivity contribution in [3.63, 3.8) is 0 Å². The zero-order valence-corrected chi connectivity index (χ0v) is 14.0. The maximum Gasteiger partial charge on any atom is 0.190 e. The zero-order valence-electron chi connectivity index (χ0n) is 11.6. The highest BCUT2D eigenvalue weighted by atomic mass is 35.5. The molecule has 0 fully saturated rings. The van der Waals surface area contributed by atoms with Crippen molar-refractivity contribution in [1.29, 1.82) is 0 Å². The Bertz CT molecular complexity index is 691. The van der Waals surface area contributed by atoms with Gasteiger partial charge in [0.05, 0.1) is 9.90 Å². The summed E-state index contributed by atoms with van der Waals surface area (Å²) in [5.74, 6) is 0.873. The lowest BCUT2D eigenvalue weighted by Crippen LogP contribution is -2.16. The highest BCUT2D eigenvalue weighted by molar-refractivity contribution is 8.00. The minimum atomic E-state index is 0.830. The Balaban J connectivity index is 1.71. The average Bonchev–Trinajstić information content (AvgIpc) is 2.89. The fourth-order valence-corrected chi connectivity index (χ4v) is 4.50. The molecule has 108 valence electrons. The van der Waals surface area contributed by atoms with Crippen molar-refractivity contribution in [3.05, 3.63) is 65.0 Å². The van der Waals surface area contributed by atoms with Crippen LogP contribution in [0.15, 0.2) is 52.9 Å². The lowest BCUT2D eigenvalue weighted by molar-refractivity contribution is 1.04. The van der Waals surface area contributed by atoms with Gasteiger partial charge in [-0.15, -0.1) is 11.8 Å². The van der Waals surface area contributed by atoms with Crippen LogP contribution in [-0.2, 0) is 5.75 Å². The number of allylic oxidation sites excluding steroid dienone is 2. The topological polar surface area (TPSA) is 16.1 Å². The lowest BCUT2D eigenvalue weighted by Gasteiger charge is -2.16. The van der Waals surface area contributed by atoms with Gasteiger partial charge in [-0.1, -0.05) is 53.3 Å². The van der Waals surface area contributed by atoms with Crippen LogP contribution in [0.4, 0.5) is 5.13 Å². The molecule has 1 aliphatic heterocycles. The number of hydrogen-bond acceptors (Lipinski definition) is 4. The molecule has 2 aromatic rings. The molecule has 0 unspecified atom stereocenters. The zero-order chi connectivity index (χ0) is 14.7. The Morgan fingerprint density at radius 1 is 1.33 bits per heavy atom. The monoisotopic (exact) mass is 334 g/mol. The number of halogens is 1. The summed E-state index contributed by atoms with van der Waals surface area (Å²) in [5, 5.41) is 1.88. The number of aromatic nitrogens is 1. The number of rotatable bonds is 4. The summed E-state index contributed by atoms with van der Waals surface area (Å²) >= 11 is 9.75. The number of hydrogen-bond donors (Lipinski definition) is 0. The van der Waals surface area contributed by atoms with Gasteiger partial charge in [0.2, 0.25) is 0 Å². The largest absolute Gasteiger partial charge is 0.321 e. The Morgan fingerprint density at radius 2 is 2.19 bits per heavy atom. The molecule has 0 amide bonds. The molecule has 5 heteroatoms. The summed E-state index contributed by atoms with van der Waals surface area (Å²) in [5.41, 5.74) is 2.26. The molecule has 2 nitrogen and oxygen atoms in total. The number of thioether (sulfide) groups is 1. The SMILES string of the molecule is Cc1nc(N2C=CC=CC2)sc1SCc1ccccc1Cl. The van der Waals surface area contributed by atoms with E-state index in [-0.39, 0.29) is 0 Å². The standard InChI is InChI=1S/C16H15ClN2S2/c1-12-15(20-11-13-7-3-4-8-14(13)17)21-16(18-12)19-9-5-2-6-10-19/h2-9H,10-11H2,1H3. The maximum atomic E-state index is 6.21. The number of benzene rings is 1. The van der Waals surface area contributed by atoms with Crippen LogP contribution in [0.5, 0.6) is 0 Å². The van der Waals surface area contributed by atoms with Crippen LogP contribution < -0.4 is 4.90 Å². The molecule has 1 aromatic carbocycles. The summed E-state index contributed by atoms with van der Waals surface area (Å²) in [6.45, 7) is 2.95. The molecule has 0 saturated heterocycles. The van der Waals surface area contributed by atoms with Crippen LogP contribution in [0.3, 0.4) is 0 Å². The average molecular weight is 335 g/mol. The second kappa shape index (κ2) is 6.69. The second-order valence-electron chi connectivity index (χ2n) is 4.67. The highest BCUT2D eigenvalue weighted by Gasteiger charge is 2.13. The molecule has 0 saturated carbocycles. The molecule has 0 radical (unpaired) electrons. The van der Waals surface area contributed by atoms with E-state index in [1.54, 1.807) is 23.1 Å². The van der Waals surface area contributed by atoms with Gasteiger partial charge in [-0.25, -0.2) is 4.98 Å². The van der Waals surface area contributed by atoms with Gasteiger partial charge >= 0.3 is 0 Å². The van der Waals surface area contributed by atoms with Crippen LogP contribution in [-0.4, -0.2) is 11.5 Å². The van der Waals surface area contributed by atoms with Gasteiger partial charge in [-0.2, -0.15) is 0 Å². The third kappa shape index (κ3) is 3.51. The van der Waals surface area contributed by atoms with E-state index in [0.717, 1.165) is 28.1 Å². The van der Waals surface area contributed by atoms with Crippen LogP contribution in [0, 0.1) is 6.92 Å². The third-order valence-corrected chi connectivity index (χ3v) is 6.09. The molecular weight excluding hydrogens is 320 g/mol. The smallest absolute Gasteiger partial charge is 0.190 e. The van der Waals surface area contributed by atoms with Gasteiger partial charge in [-0.3, -0.25) is 0 Å². The normalized spacial score (nSPS) is 13.9. The molecule has 21 heavy (non-hydrogen) atoms. The van der Waals surface area contributed by atoms with E-state index in [1.165, 1.54) is 9.77 Å². The van der Waals surface area contributed by atoms with Crippen LogP contribution in [0.2, 0.25) is 5.02 Å². The van der Waals surface area contributed by atoms with E-state index in [1.807, 2.05) is 24.3 Å². The van der Waals surface area contributed by atoms with Gasteiger partial charge in [0, 0.05) is 23.5 Å². The van der Waals surface area contributed by atoms with Crippen molar-refractivity contribution in [1.82, 2.24) is 4.98 Å². The highest BCUT2D eigenvalue weighted by Crippen LogP contribution is 2.37. The van der Waals surface area contributed by atoms with E-state index < -0.39 is 0 Å². The summed E-state index contributed by atoms with van der Waals surface area (Å²) in [6.07, 6.45) is 8.30. The minimum Gasteiger partial charge on any atom is -0.321 e. The molecular formula is C16H15ClN2S2. The van der Waals surface area contributed by atoms with Crippen molar-refractivity contribution in [2.45, 2.75) is 16.9 Å². The summed E-state index contributed by atoms with van der Waals surface area (Å²) in [7, 11) is 0. The fraction of sp³-hybridized carbons (Fsp3) is 0.188. The molecule has 3 rings (SSSR count). The van der Waals surface area contributed by atoms with Gasteiger partial charge < -0.3 is 4.90 Å².